The van der Waals surface area contributed by atoms with E-state index in [1.807, 2.05) is 24.1 Å². The van der Waals surface area contributed by atoms with Gasteiger partial charge in [0, 0.05) is 30.1 Å². The third kappa shape index (κ3) is 4.84. The largest absolute Gasteiger partial charge is 0.481 e. The molecule has 0 radical (unpaired) electrons. The highest BCUT2D eigenvalue weighted by atomic mass is 35.5. The van der Waals surface area contributed by atoms with Crippen molar-refractivity contribution in [2.45, 2.75) is 12.8 Å². The van der Waals surface area contributed by atoms with Gasteiger partial charge in [0.1, 0.15) is 0 Å². The fourth-order valence-corrected chi connectivity index (χ4v) is 1.98. The second-order valence-electron chi connectivity index (χ2n) is 4.72. The molecule has 0 saturated heterocycles. The van der Waals surface area contributed by atoms with Gasteiger partial charge in [-0.05, 0) is 19.2 Å². The highest BCUT2D eigenvalue weighted by Crippen LogP contribution is 2.19. The van der Waals surface area contributed by atoms with E-state index < -0.39 is 5.97 Å². The molecule has 7 heteroatoms. The van der Waals surface area contributed by atoms with E-state index in [2.05, 4.69) is 10.1 Å². The van der Waals surface area contributed by atoms with Crippen LogP contribution in [0.5, 0.6) is 0 Å². The van der Waals surface area contributed by atoms with Crippen LogP contribution in [-0.4, -0.2) is 46.3 Å². The quantitative estimate of drug-likeness (QED) is 0.845. The Hall–Kier alpha value is -1.92. The molecule has 2 aromatic rings. The molecule has 112 valence electrons. The summed E-state index contributed by atoms with van der Waals surface area (Å²) in [6, 6.07) is 7.24. The van der Waals surface area contributed by atoms with Crippen molar-refractivity contribution in [3.05, 3.63) is 35.2 Å². The van der Waals surface area contributed by atoms with Gasteiger partial charge in [-0.1, -0.05) is 28.9 Å². The Morgan fingerprint density at radius 2 is 2.24 bits per heavy atom. The van der Waals surface area contributed by atoms with Crippen molar-refractivity contribution in [1.29, 1.82) is 0 Å². The van der Waals surface area contributed by atoms with Crippen LogP contribution in [0.15, 0.2) is 28.8 Å². The fraction of sp³-hybridized carbons (Fsp3) is 0.357. The predicted octanol–water partition coefficient (Wildman–Crippen LogP) is 2.34. The number of rotatable bonds is 7. The first-order valence-corrected chi connectivity index (χ1v) is 6.91. The number of likely N-dealkylation sites (N-methyl/N-ethyl adjacent to an activating group) is 1. The van der Waals surface area contributed by atoms with Crippen LogP contribution in [0.3, 0.4) is 0 Å². The summed E-state index contributed by atoms with van der Waals surface area (Å²) in [6.45, 7) is 1.15. The van der Waals surface area contributed by atoms with Crippen LogP contribution in [0.25, 0.3) is 11.4 Å². The zero-order valence-corrected chi connectivity index (χ0v) is 12.4. The lowest BCUT2D eigenvalue weighted by Gasteiger charge is -2.13. The van der Waals surface area contributed by atoms with Gasteiger partial charge in [-0.2, -0.15) is 4.98 Å². The van der Waals surface area contributed by atoms with Crippen molar-refractivity contribution in [2.75, 3.05) is 20.1 Å². The first kappa shape index (κ1) is 15.5. The van der Waals surface area contributed by atoms with Crippen molar-refractivity contribution in [3.8, 4) is 11.4 Å². The van der Waals surface area contributed by atoms with Gasteiger partial charge in [-0.25, -0.2) is 0 Å². The van der Waals surface area contributed by atoms with Gasteiger partial charge in [0.25, 0.3) is 0 Å². The van der Waals surface area contributed by atoms with E-state index in [9.17, 15) is 4.79 Å². The zero-order chi connectivity index (χ0) is 15.2. The van der Waals surface area contributed by atoms with E-state index in [1.165, 1.54) is 0 Å². The van der Waals surface area contributed by atoms with Gasteiger partial charge in [-0.15, -0.1) is 0 Å². The number of aliphatic carboxylic acids is 1. The summed E-state index contributed by atoms with van der Waals surface area (Å²) in [4.78, 5) is 16.7. The van der Waals surface area contributed by atoms with E-state index in [1.54, 1.807) is 12.1 Å². The van der Waals surface area contributed by atoms with Gasteiger partial charge >= 0.3 is 5.97 Å². The molecule has 1 heterocycles. The molecule has 0 atom stereocenters. The predicted molar refractivity (Wildman–Crippen MR) is 78.2 cm³/mol. The molecule has 0 bridgehead atoms. The number of aromatic nitrogens is 2. The lowest BCUT2D eigenvalue weighted by atomic mass is 10.2. The number of hydrogen-bond acceptors (Lipinski definition) is 5. The van der Waals surface area contributed by atoms with Crippen LogP contribution in [0.4, 0.5) is 0 Å². The molecule has 21 heavy (non-hydrogen) atoms. The molecule has 2 rings (SSSR count). The van der Waals surface area contributed by atoms with Crippen LogP contribution in [0.1, 0.15) is 12.3 Å². The Bertz CT molecular complexity index is 615. The Morgan fingerprint density at radius 3 is 2.95 bits per heavy atom. The number of carboxylic acid groups (broad SMARTS) is 1. The Morgan fingerprint density at radius 1 is 1.43 bits per heavy atom. The standard InChI is InChI=1S/C14H16ClN3O3/c1-18(8-6-13(19)20)7-5-12-16-14(17-21-12)10-3-2-4-11(15)9-10/h2-4,9H,5-8H2,1H3,(H,19,20). The van der Waals surface area contributed by atoms with E-state index >= 15 is 0 Å². The first-order valence-electron chi connectivity index (χ1n) is 6.53. The highest BCUT2D eigenvalue weighted by Gasteiger charge is 2.10. The minimum absolute atomic E-state index is 0.119. The Balaban J connectivity index is 1.90. The Kier molecular flexibility index (Phi) is 5.30. The molecular formula is C14H16ClN3O3. The summed E-state index contributed by atoms with van der Waals surface area (Å²) >= 11 is 5.92. The lowest BCUT2D eigenvalue weighted by molar-refractivity contribution is -0.137. The van der Waals surface area contributed by atoms with E-state index in [0.717, 1.165) is 5.56 Å². The summed E-state index contributed by atoms with van der Waals surface area (Å²) in [5, 5.41) is 13.2. The normalized spacial score (nSPS) is 11.0. The molecule has 1 aromatic carbocycles. The molecule has 6 nitrogen and oxygen atoms in total. The number of hydrogen-bond donors (Lipinski definition) is 1. The first-order chi connectivity index (χ1) is 10.0. The van der Waals surface area contributed by atoms with E-state index in [4.69, 9.17) is 21.2 Å². The molecule has 0 fully saturated rings. The van der Waals surface area contributed by atoms with Crippen LogP contribution < -0.4 is 0 Å². The SMILES string of the molecule is CN(CCC(=O)O)CCc1nc(-c2cccc(Cl)c2)no1. The lowest BCUT2D eigenvalue weighted by Crippen LogP contribution is -2.24. The van der Waals surface area contributed by atoms with Crippen LogP contribution in [0, 0.1) is 0 Å². The molecule has 0 aliphatic heterocycles. The molecule has 1 aromatic heterocycles. The smallest absolute Gasteiger partial charge is 0.304 e. The van der Waals surface area contributed by atoms with E-state index in [-0.39, 0.29) is 6.42 Å². The van der Waals surface area contributed by atoms with Crippen molar-refractivity contribution >= 4 is 17.6 Å². The number of halogens is 1. The summed E-state index contributed by atoms with van der Waals surface area (Å²) in [5.74, 6) is 0.218. The maximum absolute atomic E-state index is 10.5. The second-order valence-corrected chi connectivity index (χ2v) is 5.16. The summed E-state index contributed by atoms with van der Waals surface area (Å²) in [7, 11) is 1.86. The van der Waals surface area contributed by atoms with Crippen LogP contribution >= 0.6 is 11.6 Å². The highest BCUT2D eigenvalue weighted by molar-refractivity contribution is 6.30. The maximum Gasteiger partial charge on any atom is 0.304 e. The summed E-state index contributed by atoms with van der Waals surface area (Å²) < 4.78 is 5.19. The van der Waals surface area contributed by atoms with E-state index in [0.29, 0.717) is 36.2 Å². The van der Waals surface area contributed by atoms with Crippen molar-refractivity contribution in [3.63, 3.8) is 0 Å². The van der Waals surface area contributed by atoms with Gasteiger partial charge in [0.15, 0.2) is 0 Å². The molecule has 1 N–H and O–H groups in total. The van der Waals surface area contributed by atoms with Crippen molar-refractivity contribution in [2.24, 2.45) is 0 Å². The topological polar surface area (TPSA) is 79.5 Å². The number of carboxylic acids is 1. The van der Waals surface area contributed by atoms with Gasteiger partial charge in [-0.3, -0.25) is 4.79 Å². The van der Waals surface area contributed by atoms with Gasteiger partial charge in [0.05, 0.1) is 6.42 Å². The number of carbonyl (C=O) groups is 1. The van der Waals surface area contributed by atoms with Crippen LogP contribution in [-0.2, 0) is 11.2 Å². The van der Waals surface area contributed by atoms with Gasteiger partial charge in [0.2, 0.25) is 11.7 Å². The summed E-state index contributed by atoms with van der Waals surface area (Å²) in [6.07, 6.45) is 0.692. The Labute approximate surface area is 127 Å². The molecule has 0 saturated carbocycles. The molecule has 0 unspecified atom stereocenters. The molecule has 0 aliphatic rings. The average Bonchev–Trinajstić information content (AvgIpc) is 2.92. The number of benzene rings is 1. The zero-order valence-electron chi connectivity index (χ0n) is 11.6. The molecule has 0 spiro atoms. The molecular weight excluding hydrogens is 294 g/mol. The fourth-order valence-electron chi connectivity index (χ4n) is 1.79. The van der Waals surface area contributed by atoms with Crippen LogP contribution in [0.2, 0.25) is 5.02 Å². The second kappa shape index (κ2) is 7.19. The minimum Gasteiger partial charge on any atom is -0.481 e. The average molecular weight is 310 g/mol. The summed E-state index contributed by atoms with van der Waals surface area (Å²) in [5.41, 5.74) is 0.803. The maximum atomic E-state index is 10.5. The van der Waals surface area contributed by atoms with Crippen molar-refractivity contribution in [1.82, 2.24) is 15.0 Å². The minimum atomic E-state index is -0.803. The third-order valence-electron chi connectivity index (χ3n) is 2.97. The monoisotopic (exact) mass is 309 g/mol. The third-order valence-corrected chi connectivity index (χ3v) is 3.20. The molecule has 0 amide bonds. The molecule has 0 aliphatic carbocycles. The number of nitrogens with zero attached hydrogens (tertiary/aromatic N) is 3. The van der Waals surface area contributed by atoms with Gasteiger partial charge < -0.3 is 14.5 Å². The van der Waals surface area contributed by atoms with Crippen molar-refractivity contribution < 1.29 is 14.4 Å².